The minimum atomic E-state index is -0.250. The molecule has 7 heteroatoms. The van der Waals surface area contributed by atoms with Crippen LogP contribution >= 0.6 is 36.4 Å². The van der Waals surface area contributed by atoms with Crippen LogP contribution in [-0.2, 0) is 23.3 Å². The third kappa shape index (κ3) is 11.7. The van der Waals surface area contributed by atoms with E-state index in [1.165, 1.54) is 0 Å². The predicted octanol–water partition coefficient (Wildman–Crippen LogP) is 6.31. The maximum atomic E-state index is 6.94. The summed E-state index contributed by atoms with van der Waals surface area (Å²) in [5, 5.41) is 0. The summed E-state index contributed by atoms with van der Waals surface area (Å²) in [4.78, 5) is 2.13. The van der Waals surface area contributed by atoms with Crippen molar-refractivity contribution >= 4 is 49.0 Å². The van der Waals surface area contributed by atoms with E-state index < -0.39 is 0 Å². The third-order valence-electron chi connectivity index (χ3n) is 2.81. The second-order valence-corrected chi connectivity index (χ2v) is 6.69. The van der Waals surface area contributed by atoms with Crippen LogP contribution in [0.25, 0.3) is 5.73 Å². The van der Waals surface area contributed by atoms with Gasteiger partial charge in [0.05, 0.1) is 5.50 Å². The number of anilines is 1. The van der Waals surface area contributed by atoms with Gasteiger partial charge in [-0.1, -0.05) is 51.6 Å². The molecule has 0 bridgehead atoms. The Morgan fingerprint density at radius 2 is 1.56 bits per heavy atom. The molecule has 1 atom stereocenters. The zero-order valence-electron chi connectivity index (χ0n) is 17.0. The van der Waals surface area contributed by atoms with Gasteiger partial charge in [-0.3, -0.25) is 0 Å². The fourth-order valence-corrected chi connectivity index (χ4v) is 2.48. The van der Waals surface area contributed by atoms with Crippen LogP contribution in [0, 0.1) is 20.9 Å². The van der Waals surface area contributed by atoms with Crippen molar-refractivity contribution < 1.29 is 23.3 Å². The Balaban J connectivity index is -0.000000214. The van der Waals surface area contributed by atoms with Crippen molar-refractivity contribution in [1.29, 1.82) is 0 Å². The van der Waals surface area contributed by atoms with Gasteiger partial charge in [-0.2, -0.15) is 0 Å². The molecule has 1 N–H and O–H groups in total. The summed E-state index contributed by atoms with van der Waals surface area (Å²) in [6.45, 7) is 9.57. The van der Waals surface area contributed by atoms with Gasteiger partial charge >= 0.3 is 30.2 Å². The van der Waals surface area contributed by atoms with Crippen LogP contribution < -0.4 is 4.90 Å². The topological polar surface area (TPSA) is 27.0 Å². The van der Waals surface area contributed by atoms with Crippen LogP contribution in [0.4, 0.5) is 5.69 Å². The SMILES string of the molecule is CC(C)(C)[NH-].CC1=[C-]C2=CC(Cl)N(c3ccccc3)C2=C1.Cl.Cl.[CH3-].[CH3-].[SiH2]=[Zr]. The molecule has 2 aliphatic rings. The minimum absolute atomic E-state index is 0. The number of benzene rings is 1. The summed E-state index contributed by atoms with van der Waals surface area (Å²) in [7, 11) is 0. The number of hydrogen-bond acceptors (Lipinski definition) is 1. The summed E-state index contributed by atoms with van der Waals surface area (Å²) < 4.78 is 0. The van der Waals surface area contributed by atoms with Crippen LogP contribution in [0.5, 0.6) is 0 Å². The second kappa shape index (κ2) is 16.0. The van der Waals surface area contributed by atoms with Crippen LogP contribution in [-0.4, -0.2) is 17.9 Å². The monoisotopic (exact) mass is 522 g/mol. The fraction of sp³-hybridized carbons (Fsp3) is 0.300. The number of allylic oxidation sites excluding steroid dienone is 3. The van der Waals surface area contributed by atoms with E-state index in [0.717, 1.165) is 22.5 Å². The van der Waals surface area contributed by atoms with Crippen molar-refractivity contribution in [2.75, 3.05) is 4.90 Å². The van der Waals surface area contributed by atoms with Crippen molar-refractivity contribution in [3.05, 3.63) is 86.0 Å². The van der Waals surface area contributed by atoms with Gasteiger partial charge in [0, 0.05) is 5.69 Å². The molecule has 27 heavy (non-hydrogen) atoms. The van der Waals surface area contributed by atoms with Gasteiger partial charge in [-0.15, -0.1) is 71.3 Å². The molecule has 3 rings (SSSR count). The normalized spacial score (nSPS) is 15.8. The van der Waals surface area contributed by atoms with Gasteiger partial charge in [-0.25, -0.2) is 0 Å². The first kappa shape index (κ1) is 34.7. The number of fused-ring (bicyclic) bond motifs is 1. The van der Waals surface area contributed by atoms with Crippen LogP contribution in [0.3, 0.4) is 0 Å². The molecule has 2 nitrogen and oxygen atoms in total. The molecule has 1 aliphatic heterocycles. The average molecular weight is 525 g/mol. The second-order valence-electron chi connectivity index (χ2n) is 6.25. The van der Waals surface area contributed by atoms with Gasteiger partial charge in [0.15, 0.2) is 0 Å². The van der Waals surface area contributed by atoms with E-state index in [0.29, 0.717) is 0 Å². The quantitative estimate of drug-likeness (QED) is 0.183. The van der Waals surface area contributed by atoms with Gasteiger partial charge in [0.25, 0.3) is 0 Å². The molecule has 0 aromatic heterocycles. The third-order valence-corrected chi connectivity index (χ3v) is 3.13. The Hall–Kier alpha value is 0.170. The number of halogens is 3. The van der Waals surface area contributed by atoms with Crippen molar-refractivity contribution in [1.82, 2.24) is 0 Å². The number of hydrogen-bond donors (Lipinski definition) is 0. The molecule has 1 aromatic rings. The van der Waals surface area contributed by atoms with E-state index in [2.05, 4.69) is 36.1 Å². The summed E-state index contributed by atoms with van der Waals surface area (Å²) in [6.07, 6.45) is 7.47. The molecule has 1 heterocycles. The van der Waals surface area contributed by atoms with Crippen molar-refractivity contribution in [3.8, 4) is 0 Å². The number of para-hydroxylation sites is 1. The molecule has 1 aromatic carbocycles. The molecular formula is C20H31Cl3N2SiZr-4. The first-order valence-corrected chi connectivity index (χ1v) is 13.7. The first-order chi connectivity index (χ1) is 10.8. The zero-order chi connectivity index (χ0) is 17.6. The van der Waals surface area contributed by atoms with E-state index in [4.69, 9.17) is 17.3 Å². The molecule has 1 aliphatic carbocycles. The first-order valence-electron chi connectivity index (χ1n) is 7.39. The van der Waals surface area contributed by atoms with Gasteiger partial charge < -0.3 is 25.5 Å². The van der Waals surface area contributed by atoms with E-state index in [-0.39, 0.29) is 50.7 Å². The fourth-order valence-electron chi connectivity index (χ4n) is 2.14. The Kier molecular flexibility index (Phi) is 20.6. The Morgan fingerprint density at radius 1 is 1.11 bits per heavy atom. The molecule has 0 amide bonds. The van der Waals surface area contributed by atoms with Crippen LogP contribution in [0.1, 0.15) is 27.7 Å². The number of rotatable bonds is 1. The zero-order valence-corrected chi connectivity index (χ0v) is 23.2. The summed E-state index contributed by atoms with van der Waals surface area (Å²) >= 11 is 7.90. The molecule has 0 spiro atoms. The molecule has 1 unspecified atom stereocenters. The molecule has 0 radical (unpaired) electrons. The van der Waals surface area contributed by atoms with E-state index in [1.807, 2.05) is 51.9 Å². The molecule has 0 saturated heterocycles. The Morgan fingerprint density at radius 3 is 2.00 bits per heavy atom. The molecule has 154 valence electrons. The van der Waals surface area contributed by atoms with E-state index >= 15 is 0 Å². The Labute approximate surface area is 200 Å². The van der Waals surface area contributed by atoms with Gasteiger partial charge in [0.2, 0.25) is 0 Å². The summed E-state index contributed by atoms with van der Waals surface area (Å²) in [5.41, 5.74) is 11.1. The maximum absolute atomic E-state index is 6.94. The van der Waals surface area contributed by atoms with Gasteiger partial charge in [-0.05, 0) is 12.1 Å². The summed E-state index contributed by atoms with van der Waals surface area (Å²) in [6, 6.07) is 10.2. The number of alkyl halides is 1. The summed E-state index contributed by atoms with van der Waals surface area (Å²) in [5.74, 6) is 0. The van der Waals surface area contributed by atoms with Crippen molar-refractivity contribution in [2.45, 2.75) is 38.7 Å². The number of nitrogens with one attached hydrogen (secondary N) is 1. The van der Waals surface area contributed by atoms with Crippen LogP contribution in [0.2, 0.25) is 0 Å². The Bertz CT molecular complexity index is 620. The standard InChI is InChI=1S/C14H11ClN.C4H10N.2CH3.2ClH.H2Si.Zr/c1-10-7-11-9-14(15)16(13(11)8-10)12-5-3-2-4-6-12;1-4(2,3)5;;;;;;/h2-6,8-9,14H,1H3;5H,1-3H3;2*1H3;2*1H;1H2;/q4*-1;;;;. The number of nitrogens with zero attached hydrogens (tertiary/aromatic N) is 1. The molecular weight excluding hydrogens is 494 g/mol. The average Bonchev–Trinajstić information content (AvgIpc) is 2.94. The van der Waals surface area contributed by atoms with Crippen molar-refractivity contribution in [2.24, 2.45) is 0 Å². The van der Waals surface area contributed by atoms with E-state index in [1.54, 1.807) is 23.3 Å². The van der Waals surface area contributed by atoms with Crippen molar-refractivity contribution in [3.63, 3.8) is 0 Å². The molecule has 0 fully saturated rings. The molecule has 0 saturated carbocycles. The van der Waals surface area contributed by atoms with Crippen LogP contribution in [0.15, 0.2) is 59.3 Å². The predicted molar refractivity (Wildman–Crippen MR) is 127 cm³/mol. The van der Waals surface area contributed by atoms with E-state index in [9.17, 15) is 0 Å². The van der Waals surface area contributed by atoms with Gasteiger partial charge in [0.1, 0.15) is 0 Å².